The van der Waals surface area contributed by atoms with Gasteiger partial charge in [0.15, 0.2) is 0 Å². The third-order valence-corrected chi connectivity index (χ3v) is 4.74. The first kappa shape index (κ1) is 16.4. The average Bonchev–Trinajstić information content (AvgIpc) is 3.01. The van der Waals surface area contributed by atoms with Crippen LogP contribution in [0.3, 0.4) is 0 Å². The molecule has 1 aromatic heterocycles. The van der Waals surface area contributed by atoms with Crippen molar-refractivity contribution in [1.82, 2.24) is 10.3 Å². The highest BCUT2D eigenvalue weighted by Crippen LogP contribution is 2.30. The lowest BCUT2D eigenvalue weighted by Gasteiger charge is -2.03. The van der Waals surface area contributed by atoms with Gasteiger partial charge >= 0.3 is 0 Å². The molecule has 5 nitrogen and oxygen atoms in total. The van der Waals surface area contributed by atoms with Crippen LogP contribution in [0.1, 0.15) is 5.56 Å². The minimum absolute atomic E-state index is 0.142. The molecule has 128 valence electrons. The van der Waals surface area contributed by atoms with Gasteiger partial charge in [-0.3, -0.25) is 9.78 Å². The number of nitrogens with one attached hydrogen (secondary N) is 1. The number of hydrogen-bond acceptors (Lipinski definition) is 5. The van der Waals surface area contributed by atoms with E-state index in [-0.39, 0.29) is 5.24 Å². The number of aliphatic imine (C=N–C) groups is 1. The van der Waals surface area contributed by atoms with Crippen LogP contribution in [0.5, 0.6) is 5.75 Å². The largest absolute Gasteiger partial charge is 0.497 e. The summed E-state index contributed by atoms with van der Waals surface area (Å²) in [5, 5.41) is 3.71. The van der Waals surface area contributed by atoms with Gasteiger partial charge in [0.2, 0.25) is 0 Å². The van der Waals surface area contributed by atoms with Crippen LogP contribution in [0.15, 0.2) is 70.7 Å². The second-order valence-electron chi connectivity index (χ2n) is 5.60. The summed E-state index contributed by atoms with van der Waals surface area (Å²) >= 11 is 1.13. The molecule has 6 heteroatoms. The summed E-state index contributed by atoms with van der Waals surface area (Å²) in [6, 6.07) is 17.3. The molecule has 4 rings (SSSR count). The number of pyridine rings is 1. The van der Waals surface area contributed by atoms with Crippen LogP contribution in [0.25, 0.3) is 17.0 Å². The molecule has 1 N–H and O–H groups in total. The van der Waals surface area contributed by atoms with Gasteiger partial charge in [0.05, 0.1) is 23.2 Å². The molecular formula is C20H15N3O2S. The lowest BCUT2D eigenvalue weighted by molar-refractivity contribution is 0.265. The first-order chi connectivity index (χ1) is 12.7. The molecule has 0 radical (unpaired) electrons. The average molecular weight is 361 g/mol. The number of benzene rings is 2. The van der Waals surface area contributed by atoms with Crippen LogP contribution in [0, 0.1) is 0 Å². The minimum atomic E-state index is -0.142. The predicted octanol–water partition coefficient (Wildman–Crippen LogP) is 4.77. The maximum atomic E-state index is 11.9. The number of amides is 1. The lowest BCUT2D eigenvalue weighted by Crippen LogP contribution is -2.18. The van der Waals surface area contributed by atoms with E-state index in [0.29, 0.717) is 5.84 Å². The van der Waals surface area contributed by atoms with Gasteiger partial charge in [0, 0.05) is 17.1 Å². The Kier molecular flexibility index (Phi) is 4.41. The molecule has 0 atom stereocenters. The number of para-hydroxylation sites is 1. The molecule has 1 fully saturated rings. The minimum Gasteiger partial charge on any atom is -0.497 e. The predicted molar refractivity (Wildman–Crippen MR) is 106 cm³/mol. The van der Waals surface area contributed by atoms with Crippen molar-refractivity contribution >= 4 is 45.5 Å². The molecule has 2 heterocycles. The number of hydrogen-bond donors (Lipinski definition) is 1. The van der Waals surface area contributed by atoms with E-state index in [2.05, 4.69) is 15.3 Å². The molecule has 1 amide bonds. The van der Waals surface area contributed by atoms with Gasteiger partial charge in [-0.2, -0.15) is 0 Å². The fourth-order valence-corrected chi connectivity index (χ4v) is 3.41. The number of fused-ring (bicyclic) bond motifs is 1. The molecule has 0 saturated carbocycles. The molecule has 0 spiro atoms. The van der Waals surface area contributed by atoms with Crippen LogP contribution in [0.4, 0.5) is 10.5 Å². The van der Waals surface area contributed by atoms with Gasteiger partial charge in [-0.1, -0.05) is 24.3 Å². The second kappa shape index (κ2) is 7.01. The third kappa shape index (κ3) is 3.32. The number of nitrogens with zero attached hydrogens (tertiary/aromatic N) is 2. The van der Waals surface area contributed by atoms with Crippen LogP contribution in [-0.4, -0.2) is 23.2 Å². The van der Waals surface area contributed by atoms with Gasteiger partial charge in [0.1, 0.15) is 11.6 Å². The van der Waals surface area contributed by atoms with E-state index >= 15 is 0 Å². The molecule has 0 aliphatic carbocycles. The SMILES string of the molecule is COc1ccc(N=C2NC(=O)S/C2=C\c2cccc3cccnc23)cc1. The highest BCUT2D eigenvalue weighted by atomic mass is 32.2. The Labute approximate surface area is 154 Å². The first-order valence-electron chi connectivity index (χ1n) is 8.00. The van der Waals surface area contributed by atoms with E-state index < -0.39 is 0 Å². The van der Waals surface area contributed by atoms with Gasteiger partial charge in [-0.25, -0.2) is 4.99 Å². The maximum Gasteiger partial charge on any atom is 0.289 e. The standard InChI is InChI=1S/C20H15N3O2S/c1-25-16-9-7-15(8-10-16)22-19-17(26-20(24)23-19)12-14-5-2-4-13-6-3-11-21-18(13)14/h2-12H,1H3,(H,22,23,24)/b17-12-. The van der Waals surface area contributed by atoms with Crippen molar-refractivity contribution in [3.63, 3.8) is 0 Å². The fourth-order valence-electron chi connectivity index (χ4n) is 2.68. The van der Waals surface area contributed by atoms with Gasteiger partial charge in [0.25, 0.3) is 5.24 Å². The first-order valence-corrected chi connectivity index (χ1v) is 8.82. The third-order valence-electron chi connectivity index (χ3n) is 3.92. The summed E-state index contributed by atoms with van der Waals surface area (Å²) in [7, 11) is 1.62. The van der Waals surface area contributed by atoms with E-state index in [9.17, 15) is 4.79 Å². The lowest BCUT2D eigenvalue weighted by atomic mass is 10.1. The summed E-state index contributed by atoms with van der Waals surface area (Å²) < 4.78 is 5.16. The van der Waals surface area contributed by atoms with Crippen molar-refractivity contribution in [2.75, 3.05) is 7.11 Å². The molecule has 1 aliphatic rings. The number of ether oxygens (including phenoxy) is 1. The molecular weight excluding hydrogens is 346 g/mol. The Morgan fingerprint density at radius 2 is 1.92 bits per heavy atom. The summed E-state index contributed by atoms with van der Waals surface area (Å²) in [6.45, 7) is 0. The molecule has 1 saturated heterocycles. The highest BCUT2D eigenvalue weighted by Gasteiger charge is 2.23. The smallest absolute Gasteiger partial charge is 0.289 e. The molecule has 3 aromatic rings. The van der Waals surface area contributed by atoms with Crippen molar-refractivity contribution in [3.8, 4) is 5.75 Å². The Bertz CT molecular complexity index is 1040. The number of thioether (sulfide) groups is 1. The number of methoxy groups -OCH3 is 1. The normalized spacial score (nSPS) is 17.0. The Morgan fingerprint density at radius 1 is 1.12 bits per heavy atom. The van der Waals surface area contributed by atoms with E-state index in [1.54, 1.807) is 13.3 Å². The zero-order chi connectivity index (χ0) is 17.9. The Morgan fingerprint density at radius 3 is 2.73 bits per heavy atom. The Hall–Kier alpha value is -3.12. The summed E-state index contributed by atoms with van der Waals surface area (Å²) in [4.78, 5) is 21.7. The summed E-state index contributed by atoms with van der Waals surface area (Å²) in [6.07, 6.45) is 3.71. The molecule has 26 heavy (non-hydrogen) atoms. The van der Waals surface area contributed by atoms with Crippen molar-refractivity contribution in [2.45, 2.75) is 0 Å². The zero-order valence-electron chi connectivity index (χ0n) is 14.0. The number of aromatic nitrogens is 1. The molecule has 0 unspecified atom stereocenters. The van der Waals surface area contributed by atoms with Crippen LogP contribution >= 0.6 is 11.8 Å². The zero-order valence-corrected chi connectivity index (χ0v) is 14.8. The van der Waals surface area contributed by atoms with E-state index in [1.165, 1.54) is 0 Å². The van der Waals surface area contributed by atoms with Crippen LogP contribution in [0.2, 0.25) is 0 Å². The number of rotatable bonds is 3. The van der Waals surface area contributed by atoms with E-state index in [4.69, 9.17) is 4.74 Å². The molecule has 1 aliphatic heterocycles. The molecule has 2 aromatic carbocycles. The van der Waals surface area contributed by atoms with E-state index in [1.807, 2.05) is 60.7 Å². The number of carbonyl (C=O) groups excluding carboxylic acids is 1. The fraction of sp³-hybridized carbons (Fsp3) is 0.0500. The van der Waals surface area contributed by atoms with Crippen molar-refractivity contribution in [3.05, 3.63) is 71.3 Å². The van der Waals surface area contributed by atoms with E-state index in [0.717, 1.165) is 44.6 Å². The summed E-state index contributed by atoms with van der Waals surface area (Å²) in [5.41, 5.74) is 2.58. The van der Waals surface area contributed by atoms with Crippen molar-refractivity contribution < 1.29 is 9.53 Å². The Balaban J connectivity index is 1.74. The monoisotopic (exact) mass is 361 g/mol. The van der Waals surface area contributed by atoms with Crippen molar-refractivity contribution in [2.24, 2.45) is 4.99 Å². The second-order valence-corrected chi connectivity index (χ2v) is 6.62. The quantitative estimate of drug-likeness (QED) is 0.730. The van der Waals surface area contributed by atoms with Crippen molar-refractivity contribution in [1.29, 1.82) is 0 Å². The topological polar surface area (TPSA) is 63.6 Å². The number of carbonyl (C=O) groups is 1. The van der Waals surface area contributed by atoms with Crippen LogP contribution in [-0.2, 0) is 0 Å². The van der Waals surface area contributed by atoms with Gasteiger partial charge < -0.3 is 10.1 Å². The maximum absolute atomic E-state index is 11.9. The highest BCUT2D eigenvalue weighted by molar-refractivity contribution is 8.18. The van der Waals surface area contributed by atoms with Gasteiger partial charge in [-0.15, -0.1) is 0 Å². The molecule has 0 bridgehead atoms. The number of amidine groups is 1. The van der Waals surface area contributed by atoms with Crippen LogP contribution < -0.4 is 10.1 Å². The summed E-state index contributed by atoms with van der Waals surface area (Å²) in [5.74, 6) is 1.30. The van der Waals surface area contributed by atoms with Gasteiger partial charge in [-0.05, 0) is 48.2 Å².